The number of nitrogens with zero attached hydrogens (tertiary/aromatic N) is 1. The van der Waals surface area contributed by atoms with Crippen LogP contribution in [0, 0.1) is 0 Å². The van der Waals surface area contributed by atoms with Gasteiger partial charge in [-0.05, 0) is 38.8 Å². The van der Waals surface area contributed by atoms with Gasteiger partial charge in [0, 0.05) is 23.7 Å². The maximum atomic E-state index is 4.44. The van der Waals surface area contributed by atoms with Crippen LogP contribution in [0.3, 0.4) is 0 Å². The molecular formula is C12H21N3S. The summed E-state index contributed by atoms with van der Waals surface area (Å²) in [5, 5.41) is 8.29. The molecule has 1 aliphatic rings. The Morgan fingerprint density at radius 3 is 3.25 bits per heavy atom. The van der Waals surface area contributed by atoms with Crippen molar-refractivity contribution in [1.29, 1.82) is 0 Å². The molecule has 1 aromatic rings. The number of aryl methyl sites for hydroxylation is 1. The molecule has 0 aromatic carbocycles. The summed E-state index contributed by atoms with van der Waals surface area (Å²) in [6, 6.07) is 0.670. The second-order valence-electron chi connectivity index (χ2n) is 4.33. The second kappa shape index (κ2) is 6.33. The lowest BCUT2D eigenvalue weighted by atomic mass is 10.1. The largest absolute Gasteiger partial charge is 0.317 e. The predicted octanol–water partition coefficient (Wildman–Crippen LogP) is 1.94. The van der Waals surface area contributed by atoms with E-state index in [1.165, 1.54) is 35.7 Å². The SMILES string of the molecule is CCc1cnc(CNC2CCCNCC2)s1. The van der Waals surface area contributed by atoms with Crippen LogP contribution < -0.4 is 10.6 Å². The van der Waals surface area contributed by atoms with Crippen molar-refractivity contribution in [2.45, 2.75) is 45.2 Å². The van der Waals surface area contributed by atoms with Crippen LogP contribution in [-0.2, 0) is 13.0 Å². The molecule has 0 amide bonds. The zero-order valence-electron chi connectivity index (χ0n) is 9.96. The van der Waals surface area contributed by atoms with Gasteiger partial charge < -0.3 is 10.6 Å². The Balaban J connectivity index is 1.77. The van der Waals surface area contributed by atoms with Gasteiger partial charge in [-0.1, -0.05) is 6.92 Å². The number of hydrogen-bond acceptors (Lipinski definition) is 4. The molecule has 1 aliphatic heterocycles. The highest BCUT2D eigenvalue weighted by Gasteiger charge is 2.11. The van der Waals surface area contributed by atoms with Gasteiger partial charge in [0.15, 0.2) is 0 Å². The van der Waals surface area contributed by atoms with Gasteiger partial charge >= 0.3 is 0 Å². The third-order valence-corrected chi connectivity index (χ3v) is 4.21. The Morgan fingerprint density at radius 1 is 1.50 bits per heavy atom. The quantitative estimate of drug-likeness (QED) is 0.843. The van der Waals surface area contributed by atoms with E-state index in [-0.39, 0.29) is 0 Å². The van der Waals surface area contributed by atoms with Crippen molar-refractivity contribution >= 4 is 11.3 Å². The summed E-state index contributed by atoms with van der Waals surface area (Å²) >= 11 is 1.84. The van der Waals surface area contributed by atoms with Crippen molar-refractivity contribution in [1.82, 2.24) is 15.6 Å². The monoisotopic (exact) mass is 239 g/mol. The van der Waals surface area contributed by atoms with E-state index in [0.717, 1.165) is 19.5 Å². The van der Waals surface area contributed by atoms with Crippen molar-refractivity contribution in [3.05, 3.63) is 16.1 Å². The lowest BCUT2D eigenvalue weighted by Crippen LogP contribution is -2.29. The molecule has 90 valence electrons. The van der Waals surface area contributed by atoms with Crippen LogP contribution in [0.4, 0.5) is 0 Å². The first-order chi connectivity index (χ1) is 7.88. The van der Waals surface area contributed by atoms with Crippen LogP contribution in [0.25, 0.3) is 0 Å². The zero-order valence-corrected chi connectivity index (χ0v) is 10.8. The summed E-state index contributed by atoms with van der Waals surface area (Å²) < 4.78 is 0. The van der Waals surface area contributed by atoms with Crippen LogP contribution in [0.1, 0.15) is 36.1 Å². The lowest BCUT2D eigenvalue weighted by Gasteiger charge is -2.14. The van der Waals surface area contributed by atoms with E-state index in [1.54, 1.807) is 0 Å². The van der Waals surface area contributed by atoms with E-state index in [0.29, 0.717) is 6.04 Å². The Kier molecular flexibility index (Phi) is 4.75. The molecule has 2 rings (SSSR count). The molecule has 3 nitrogen and oxygen atoms in total. The first-order valence-electron chi connectivity index (χ1n) is 6.26. The minimum atomic E-state index is 0.670. The van der Waals surface area contributed by atoms with Crippen LogP contribution in [0.15, 0.2) is 6.20 Å². The molecule has 2 heterocycles. The molecule has 0 aliphatic carbocycles. The van der Waals surface area contributed by atoms with Gasteiger partial charge in [0.1, 0.15) is 5.01 Å². The maximum absolute atomic E-state index is 4.44. The van der Waals surface area contributed by atoms with E-state index in [2.05, 4.69) is 22.5 Å². The molecule has 0 spiro atoms. The van der Waals surface area contributed by atoms with Gasteiger partial charge in [0.25, 0.3) is 0 Å². The molecule has 4 heteroatoms. The molecule has 0 bridgehead atoms. The molecule has 1 atom stereocenters. The lowest BCUT2D eigenvalue weighted by molar-refractivity contribution is 0.468. The van der Waals surface area contributed by atoms with Crippen LogP contribution in [0.5, 0.6) is 0 Å². The second-order valence-corrected chi connectivity index (χ2v) is 5.53. The van der Waals surface area contributed by atoms with Crippen LogP contribution >= 0.6 is 11.3 Å². The standard InChI is InChI=1S/C12H21N3S/c1-2-11-8-15-12(16-11)9-14-10-4-3-6-13-7-5-10/h8,10,13-14H,2-7,9H2,1H3. The van der Waals surface area contributed by atoms with Crippen molar-refractivity contribution in [2.75, 3.05) is 13.1 Å². The molecule has 2 N–H and O–H groups in total. The highest BCUT2D eigenvalue weighted by Crippen LogP contribution is 2.14. The molecule has 1 saturated heterocycles. The highest BCUT2D eigenvalue weighted by atomic mass is 32.1. The van der Waals surface area contributed by atoms with E-state index < -0.39 is 0 Å². The summed E-state index contributed by atoms with van der Waals surface area (Å²) in [5.74, 6) is 0. The Hall–Kier alpha value is -0.450. The summed E-state index contributed by atoms with van der Waals surface area (Å²) in [7, 11) is 0. The van der Waals surface area contributed by atoms with Crippen molar-refractivity contribution < 1.29 is 0 Å². The number of rotatable bonds is 4. The molecule has 16 heavy (non-hydrogen) atoms. The molecule has 1 unspecified atom stereocenters. The van der Waals surface area contributed by atoms with E-state index in [4.69, 9.17) is 0 Å². The third-order valence-electron chi connectivity index (χ3n) is 3.07. The normalized spacial score (nSPS) is 21.9. The minimum Gasteiger partial charge on any atom is -0.317 e. The summed E-state index contributed by atoms with van der Waals surface area (Å²) in [6.07, 6.45) is 6.93. The van der Waals surface area contributed by atoms with Crippen LogP contribution in [-0.4, -0.2) is 24.1 Å². The molecule has 0 radical (unpaired) electrons. The first kappa shape index (κ1) is 12.0. The third kappa shape index (κ3) is 3.54. The van der Waals surface area contributed by atoms with Gasteiger partial charge in [-0.3, -0.25) is 0 Å². The molecule has 1 fully saturated rings. The number of aromatic nitrogens is 1. The molecule has 0 saturated carbocycles. The minimum absolute atomic E-state index is 0.670. The topological polar surface area (TPSA) is 37.0 Å². The van der Waals surface area contributed by atoms with Gasteiger partial charge in [0.2, 0.25) is 0 Å². The fourth-order valence-electron chi connectivity index (χ4n) is 2.05. The first-order valence-corrected chi connectivity index (χ1v) is 7.08. The fraction of sp³-hybridized carbons (Fsp3) is 0.750. The summed E-state index contributed by atoms with van der Waals surface area (Å²) in [5.41, 5.74) is 0. The van der Waals surface area contributed by atoms with E-state index in [1.807, 2.05) is 17.5 Å². The average molecular weight is 239 g/mol. The van der Waals surface area contributed by atoms with E-state index in [9.17, 15) is 0 Å². The molecular weight excluding hydrogens is 218 g/mol. The Morgan fingerprint density at radius 2 is 2.44 bits per heavy atom. The van der Waals surface area contributed by atoms with Crippen molar-refractivity contribution in [3.8, 4) is 0 Å². The van der Waals surface area contributed by atoms with E-state index >= 15 is 0 Å². The average Bonchev–Trinajstić information content (AvgIpc) is 2.61. The van der Waals surface area contributed by atoms with Gasteiger partial charge in [-0.2, -0.15) is 0 Å². The maximum Gasteiger partial charge on any atom is 0.107 e. The van der Waals surface area contributed by atoms with Crippen molar-refractivity contribution in [2.24, 2.45) is 0 Å². The zero-order chi connectivity index (χ0) is 11.2. The van der Waals surface area contributed by atoms with Crippen LogP contribution in [0.2, 0.25) is 0 Å². The smallest absolute Gasteiger partial charge is 0.107 e. The van der Waals surface area contributed by atoms with Gasteiger partial charge in [-0.25, -0.2) is 4.98 Å². The Labute approximate surface area is 102 Å². The van der Waals surface area contributed by atoms with Crippen molar-refractivity contribution in [3.63, 3.8) is 0 Å². The number of hydrogen-bond donors (Lipinski definition) is 2. The summed E-state index contributed by atoms with van der Waals surface area (Å²) in [4.78, 5) is 5.82. The van der Waals surface area contributed by atoms with Gasteiger partial charge in [0.05, 0.1) is 0 Å². The fourth-order valence-corrected chi connectivity index (χ4v) is 2.86. The molecule has 1 aromatic heterocycles. The number of nitrogens with one attached hydrogen (secondary N) is 2. The predicted molar refractivity (Wildman–Crippen MR) is 68.8 cm³/mol. The highest BCUT2D eigenvalue weighted by molar-refractivity contribution is 7.11. The summed E-state index contributed by atoms with van der Waals surface area (Å²) in [6.45, 7) is 5.45. The Bertz CT molecular complexity index is 303. The van der Waals surface area contributed by atoms with Gasteiger partial charge in [-0.15, -0.1) is 11.3 Å². The number of thiazole rings is 1.